The zero-order valence-electron chi connectivity index (χ0n) is 11.0. The largest absolute Gasteiger partial charge is 0.454 e. The fourth-order valence-corrected chi connectivity index (χ4v) is 2.52. The monoisotopic (exact) mass is 306 g/mol. The summed E-state index contributed by atoms with van der Waals surface area (Å²) in [6.07, 6.45) is 0.405. The Morgan fingerprint density at radius 1 is 1.14 bits per heavy atom. The van der Waals surface area contributed by atoms with Crippen molar-refractivity contribution in [3.63, 3.8) is 0 Å². The molecule has 0 bridgehead atoms. The second-order valence-electron chi connectivity index (χ2n) is 4.80. The molecule has 0 N–H and O–H groups in total. The van der Waals surface area contributed by atoms with E-state index in [0.29, 0.717) is 17.9 Å². The van der Waals surface area contributed by atoms with Crippen molar-refractivity contribution < 1.29 is 18.7 Å². The van der Waals surface area contributed by atoms with E-state index in [1.165, 1.54) is 12.1 Å². The van der Waals surface area contributed by atoms with Gasteiger partial charge in [-0.1, -0.05) is 18.2 Å². The number of fused-ring (bicyclic) bond motifs is 1. The van der Waals surface area contributed by atoms with Crippen LogP contribution in [0.25, 0.3) is 0 Å². The first-order valence-electron chi connectivity index (χ1n) is 6.47. The molecule has 3 nitrogen and oxygen atoms in total. The summed E-state index contributed by atoms with van der Waals surface area (Å²) < 4.78 is 23.5. The molecule has 0 aromatic heterocycles. The average Bonchev–Trinajstić information content (AvgIpc) is 2.93. The Morgan fingerprint density at radius 3 is 2.57 bits per heavy atom. The van der Waals surface area contributed by atoms with Crippen LogP contribution < -0.4 is 9.47 Å². The molecule has 1 aliphatic rings. The number of ether oxygens (including phenoxy) is 2. The SMILES string of the molecule is O=C(Cl)C(Cc1ccc(F)cc1)c1ccc2c(c1)OCO2. The van der Waals surface area contributed by atoms with Crippen LogP contribution in [0.15, 0.2) is 42.5 Å². The van der Waals surface area contributed by atoms with Gasteiger partial charge in [-0.25, -0.2) is 4.39 Å². The highest BCUT2D eigenvalue weighted by Crippen LogP contribution is 2.36. The van der Waals surface area contributed by atoms with Gasteiger partial charge in [-0.15, -0.1) is 0 Å². The predicted octanol–water partition coefficient (Wildman–Crippen LogP) is 3.65. The zero-order valence-corrected chi connectivity index (χ0v) is 11.8. The molecule has 0 fully saturated rings. The highest BCUT2D eigenvalue weighted by Gasteiger charge is 2.22. The summed E-state index contributed by atoms with van der Waals surface area (Å²) in [5.74, 6) is 0.443. The first-order chi connectivity index (χ1) is 10.1. The van der Waals surface area contributed by atoms with Crippen LogP contribution in [0.2, 0.25) is 0 Å². The van der Waals surface area contributed by atoms with E-state index in [1.807, 2.05) is 0 Å². The Morgan fingerprint density at radius 2 is 1.86 bits per heavy atom. The van der Waals surface area contributed by atoms with E-state index >= 15 is 0 Å². The van der Waals surface area contributed by atoms with Crippen LogP contribution in [0.5, 0.6) is 11.5 Å². The van der Waals surface area contributed by atoms with Gasteiger partial charge in [0.15, 0.2) is 11.5 Å². The highest BCUT2D eigenvalue weighted by molar-refractivity contribution is 6.64. The van der Waals surface area contributed by atoms with Gasteiger partial charge in [-0.2, -0.15) is 0 Å². The Hall–Kier alpha value is -2.07. The van der Waals surface area contributed by atoms with Crippen molar-refractivity contribution in [2.75, 3.05) is 6.79 Å². The van der Waals surface area contributed by atoms with E-state index in [-0.39, 0.29) is 12.6 Å². The van der Waals surface area contributed by atoms with Crippen LogP contribution >= 0.6 is 11.6 Å². The maximum absolute atomic E-state index is 12.9. The third-order valence-electron chi connectivity index (χ3n) is 3.43. The average molecular weight is 307 g/mol. The molecule has 0 saturated carbocycles. The fourth-order valence-electron chi connectivity index (χ4n) is 2.32. The van der Waals surface area contributed by atoms with Crippen molar-refractivity contribution in [1.82, 2.24) is 0 Å². The smallest absolute Gasteiger partial charge is 0.231 e. The molecule has 3 rings (SSSR count). The molecule has 1 aliphatic heterocycles. The highest BCUT2D eigenvalue weighted by atomic mass is 35.5. The van der Waals surface area contributed by atoms with Crippen LogP contribution in [-0.4, -0.2) is 12.0 Å². The summed E-state index contributed by atoms with van der Waals surface area (Å²) in [4.78, 5) is 11.7. The zero-order chi connectivity index (χ0) is 14.8. The van der Waals surface area contributed by atoms with Crippen molar-refractivity contribution in [3.05, 3.63) is 59.4 Å². The minimum Gasteiger partial charge on any atom is -0.454 e. The van der Waals surface area contributed by atoms with Gasteiger partial charge in [0.05, 0.1) is 5.92 Å². The third-order valence-corrected chi connectivity index (χ3v) is 3.69. The quantitative estimate of drug-likeness (QED) is 0.809. The Kier molecular flexibility index (Phi) is 3.80. The van der Waals surface area contributed by atoms with Gasteiger partial charge in [0.2, 0.25) is 12.0 Å². The molecule has 1 unspecified atom stereocenters. The molecule has 0 aliphatic carbocycles. The first-order valence-corrected chi connectivity index (χ1v) is 6.84. The fraction of sp³-hybridized carbons (Fsp3) is 0.188. The number of benzene rings is 2. The van der Waals surface area contributed by atoms with Crippen LogP contribution in [0, 0.1) is 5.82 Å². The first kappa shape index (κ1) is 13.9. The van der Waals surface area contributed by atoms with Crippen LogP contribution in [0.4, 0.5) is 4.39 Å². The maximum Gasteiger partial charge on any atom is 0.231 e. The molecule has 1 heterocycles. The number of rotatable bonds is 4. The van der Waals surface area contributed by atoms with Crippen molar-refractivity contribution in [1.29, 1.82) is 0 Å². The maximum atomic E-state index is 12.9. The standard InChI is InChI=1S/C16H12ClFO3/c17-16(19)13(7-10-1-4-12(18)5-2-10)11-3-6-14-15(8-11)21-9-20-14/h1-6,8,13H,7,9H2. The second-order valence-corrected chi connectivity index (χ2v) is 5.17. The van der Waals surface area contributed by atoms with Crippen molar-refractivity contribution >= 4 is 16.8 Å². The summed E-state index contributed by atoms with van der Waals surface area (Å²) in [7, 11) is 0. The van der Waals surface area contributed by atoms with Crippen LogP contribution in [0.3, 0.4) is 0 Å². The van der Waals surface area contributed by atoms with Gasteiger partial charge in [0, 0.05) is 0 Å². The summed E-state index contributed by atoms with van der Waals surface area (Å²) in [6.45, 7) is 0.177. The lowest BCUT2D eigenvalue weighted by atomic mass is 9.93. The van der Waals surface area contributed by atoms with Crippen LogP contribution in [0.1, 0.15) is 17.0 Å². The number of carbonyl (C=O) groups is 1. The van der Waals surface area contributed by atoms with Gasteiger partial charge in [0.1, 0.15) is 5.82 Å². The van der Waals surface area contributed by atoms with Crippen molar-refractivity contribution in [2.24, 2.45) is 0 Å². The molecular formula is C16H12ClFO3. The minimum absolute atomic E-state index is 0.177. The van der Waals surface area contributed by atoms with Gasteiger partial charge < -0.3 is 9.47 Å². The molecule has 0 amide bonds. The van der Waals surface area contributed by atoms with E-state index in [2.05, 4.69) is 0 Å². The van der Waals surface area contributed by atoms with E-state index in [4.69, 9.17) is 21.1 Å². The van der Waals surface area contributed by atoms with Crippen molar-refractivity contribution in [3.8, 4) is 11.5 Å². The molecule has 0 radical (unpaired) electrons. The summed E-state index contributed by atoms with van der Waals surface area (Å²) in [6, 6.07) is 11.3. The number of carbonyl (C=O) groups excluding carboxylic acids is 1. The summed E-state index contributed by atoms with van der Waals surface area (Å²) in [5, 5.41) is -0.460. The van der Waals surface area contributed by atoms with Crippen LogP contribution in [-0.2, 0) is 11.2 Å². The van der Waals surface area contributed by atoms with Gasteiger partial charge >= 0.3 is 0 Å². The Bertz CT molecular complexity index is 670. The van der Waals surface area contributed by atoms with E-state index < -0.39 is 11.2 Å². The Labute approximate surface area is 126 Å². The molecule has 1 atom stereocenters. The molecule has 2 aromatic rings. The minimum atomic E-state index is -0.508. The second kappa shape index (κ2) is 5.74. The third kappa shape index (κ3) is 3.00. The van der Waals surface area contributed by atoms with E-state index in [0.717, 1.165) is 11.1 Å². The summed E-state index contributed by atoms with van der Waals surface area (Å²) >= 11 is 5.73. The molecule has 5 heteroatoms. The Balaban J connectivity index is 1.87. The lowest BCUT2D eigenvalue weighted by molar-refractivity contribution is -0.113. The molecule has 0 spiro atoms. The normalized spacial score (nSPS) is 14.0. The van der Waals surface area contributed by atoms with Gasteiger partial charge in [0.25, 0.3) is 0 Å². The van der Waals surface area contributed by atoms with Gasteiger partial charge in [-0.05, 0) is 53.4 Å². The number of hydrogen-bond donors (Lipinski definition) is 0. The molecular weight excluding hydrogens is 295 g/mol. The predicted molar refractivity (Wildman–Crippen MR) is 76.3 cm³/mol. The summed E-state index contributed by atoms with van der Waals surface area (Å²) in [5.41, 5.74) is 1.59. The number of hydrogen-bond acceptors (Lipinski definition) is 3. The lowest BCUT2D eigenvalue weighted by Crippen LogP contribution is -2.10. The van der Waals surface area contributed by atoms with E-state index in [9.17, 15) is 9.18 Å². The molecule has 108 valence electrons. The molecule has 2 aromatic carbocycles. The van der Waals surface area contributed by atoms with E-state index in [1.54, 1.807) is 30.3 Å². The van der Waals surface area contributed by atoms with Gasteiger partial charge in [-0.3, -0.25) is 4.79 Å². The lowest BCUT2D eigenvalue weighted by Gasteiger charge is -2.13. The number of halogens is 2. The molecule has 0 saturated heterocycles. The molecule has 21 heavy (non-hydrogen) atoms. The van der Waals surface area contributed by atoms with Crippen molar-refractivity contribution in [2.45, 2.75) is 12.3 Å². The topological polar surface area (TPSA) is 35.5 Å².